The second-order valence-corrected chi connectivity index (χ2v) is 6.14. The van der Waals surface area contributed by atoms with Crippen LogP contribution in [0.5, 0.6) is 17.4 Å². The second kappa shape index (κ2) is 9.67. The maximum Gasteiger partial charge on any atom is 0.287 e. The van der Waals surface area contributed by atoms with Crippen LogP contribution in [0.1, 0.15) is 5.56 Å². The molecule has 0 atom stereocenters. The van der Waals surface area contributed by atoms with E-state index < -0.39 is 10.8 Å². The lowest BCUT2D eigenvalue weighted by Crippen LogP contribution is -2.13. The van der Waals surface area contributed by atoms with E-state index in [-0.39, 0.29) is 17.1 Å². The maximum absolute atomic E-state index is 12.4. The van der Waals surface area contributed by atoms with Crippen molar-refractivity contribution in [3.63, 3.8) is 0 Å². The number of nitrogens with one attached hydrogen (secondary N) is 1. The van der Waals surface area contributed by atoms with Gasteiger partial charge in [0.05, 0.1) is 12.0 Å². The lowest BCUT2D eigenvalue weighted by molar-refractivity contribution is -0.385. The van der Waals surface area contributed by atoms with Gasteiger partial charge in [-0.25, -0.2) is 4.98 Å². The van der Waals surface area contributed by atoms with Crippen molar-refractivity contribution in [3.8, 4) is 23.4 Å². The molecule has 2 aromatic carbocycles. The van der Waals surface area contributed by atoms with Crippen LogP contribution in [0.4, 0.5) is 11.4 Å². The zero-order valence-corrected chi connectivity index (χ0v) is 16.3. The third-order valence-corrected chi connectivity index (χ3v) is 4.06. The van der Waals surface area contributed by atoms with Crippen LogP contribution in [-0.4, -0.2) is 22.9 Å². The summed E-state index contributed by atoms with van der Waals surface area (Å²) in [6.45, 7) is 0. The molecule has 154 valence electrons. The molecule has 1 aromatic heterocycles. The minimum Gasteiger partial charge on any atom is -0.497 e. The van der Waals surface area contributed by atoms with E-state index in [0.717, 1.165) is 6.20 Å². The molecule has 1 heterocycles. The van der Waals surface area contributed by atoms with Crippen LogP contribution >= 0.6 is 0 Å². The summed E-state index contributed by atoms with van der Waals surface area (Å²) in [6, 6.07) is 17.9. The molecule has 3 aromatic rings. The van der Waals surface area contributed by atoms with Crippen LogP contribution in [0.25, 0.3) is 6.08 Å². The summed E-state index contributed by atoms with van der Waals surface area (Å²) in [6.07, 6.45) is 2.56. The van der Waals surface area contributed by atoms with E-state index in [1.807, 2.05) is 6.07 Å². The van der Waals surface area contributed by atoms with Crippen molar-refractivity contribution in [1.29, 1.82) is 5.26 Å². The number of aromatic nitrogens is 1. The summed E-state index contributed by atoms with van der Waals surface area (Å²) >= 11 is 0. The van der Waals surface area contributed by atoms with Crippen LogP contribution in [0.15, 0.2) is 72.4 Å². The molecule has 0 fully saturated rings. The second-order valence-electron chi connectivity index (χ2n) is 6.14. The van der Waals surface area contributed by atoms with Crippen LogP contribution in [0.2, 0.25) is 0 Å². The number of anilines is 1. The van der Waals surface area contributed by atoms with Gasteiger partial charge in [0, 0.05) is 17.8 Å². The van der Waals surface area contributed by atoms with Crippen molar-refractivity contribution in [2.75, 3.05) is 12.4 Å². The molecule has 0 saturated heterocycles. The van der Waals surface area contributed by atoms with Crippen LogP contribution in [0.3, 0.4) is 0 Å². The normalized spacial score (nSPS) is 10.6. The number of benzene rings is 2. The Hall–Kier alpha value is -4.71. The van der Waals surface area contributed by atoms with Crippen molar-refractivity contribution in [2.45, 2.75) is 0 Å². The predicted octanol–water partition coefficient (Wildman–Crippen LogP) is 4.34. The number of hydrogen-bond donors (Lipinski definition) is 1. The van der Waals surface area contributed by atoms with Gasteiger partial charge in [-0.2, -0.15) is 5.26 Å². The maximum atomic E-state index is 12.4. The van der Waals surface area contributed by atoms with E-state index >= 15 is 0 Å². The number of nitro groups is 1. The highest BCUT2D eigenvalue weighted by Crippen LogP contribution is 2.22. The summed E-state index contributed by atoms with van der Waals surface area (Å²) in [7, 11) is 1.54. The lowest BCUT2D eigenvalue weighted by atomic mass is 10.1. The van der Waals surface area contributed by atoms with Gasteiger partial charge in [0.2, 0.25) is 5.88 Å². The standard InChI is InChI=1S/C22H16N4O5/c1-30-19-9-4-17(5-10-19)25-22(27)16(13-23)12-15-2-7-20(8-3-15)31-21-11-6-18(14-24-21)26(28)29/h2-12,14H,1H3,(H,25,27)/b16-12-. The first kappa shape index (κ1) is 21.0. The zero-order valence-electron chi connectivity index (χ0n) is 16.3. The SMILES string of the molecule is COc1ccc(NC(=O)/C(C#N)=C\c2ccc(Oc3ccc([N+](=O)[O-])cn3)cc2)cc1. The first-order chi connectivity index (χ1) is 15.0. The molecule has 31 heavy (non-hydrogen) atoms. The Balaban J connectivity index is 1.67. The van der Waals surface area contributed by atoms with Crippen molar-refractivity contribution < 1.29 is 19.2 Å². The van der Waals surface area contributed by atoms with E-state index in [2.05, 4.69) is 10.3 Å². The van der Waals surface area contributed by atoms with Gasteiger partial charge in [0.25, 0.3) is 11.6 Å². The fraction of sp³-hybridized carbons (Fsp3) is 0.0455. The largest absolute Gasteiger partial charge is 0.497 e. The topological polar surface area (TPSA) is 127 Å². The molecule has 9 heteroatoms. The Kier molecular flexibility index (Phi) is 6.55. The summed E-state index contributed by atoms with van der Waals surface area (Å²) in [5.41, 5.74) is 0.947. The van der Waals surface area contributed by atoms with Gasteiger partial charge in [-0.1, -0.05) is 12.1 Å². The molecule has 9 nitrogen and oxygen atoms in total. The molecule has 0 unspecified atom stereocenters. The Morgan fingerprint density at radius 2 is 1.77 bits per heavy atom. The first-order valence-electron chi connectivity index (χ1n) is 8.94. The minimum atomic E-state index is -0.546. The summed E-state index contributed by atoms with van der Waals surface area (Å²) in [4.78, 5) is 26.4. The van der Waals surface area contributed by atoms with Gasteiger partial charge in [-0.05, 0) is 48.0 Å². The number of methoxy groups -OCH3 is 1. The fourth-order valence-corrected chi connectivity index (χ4v) is 2.48. The fourth-order valence-electron chi connectivity index (χ4n) is 2.48. The third-order valence-electron chi connectivity index (χ3n) is 4.06. The quantitative estimate of drug-likeness (QED) is 0.263. The number of carbonyl (C=O) groups excluding carboxylic acids is 1. The smallest absolute Gasteiger partial charge is 0.287 e. The molecule has 0 bridgehead atoms. The zero-order chi connectivity index (χ0) is 22.2. The highest BCUT2D eigenvalue weighted by molar-refractivity contribution is 6.09. The summed E-state index contributed by atoms with van der Waals surface area (Å²) in [5.74, 6) is 0.758. The third kappa shape index (κ3) is 5.65. The van der Waals surface area contributed by atoms with Crippen LogP contribution in [-0.2, 0) is 4.79 Å². The molecule has 1 N–H and O–H groups in total. The van der Waals surface area contributed by atoms with Crippen LogP contribution < -0.4 is 14.8 Å². The highest BCUT2D eigenvalue weighted by Gasteiger charge is 2.10. The highest BCUT2D eigenvalue weighted by atomic mass is 16.6. The Labute approximate surface area is 177 Å². The monoisotopic (exact) mass is 416 g/mol. The lowest BCUT2D eigenvalue weighted by Gasteiger charge is -2.06. The van der Waals surface area contributed by atoms with Gasteiger partial charge < -0.3 is 14.8 Å². The van der Waals surface area contributed by atoms with Crippen molar-refractivity contribution >= 4 is 23.4 Å². The number of ether oxygens (including phenoxy) is 2. The van der Waals surface area contributed by atoms with Crippen LogP contribution in [0, 0.1) is 21.4 Å². The van der Waals surface area contributed by atoms with E-state index in [9.17, 15) is 20.2 Å². The summed E-state index contributed by atoms with van der Waals surface area (Å²) < 4.78 is 10.6. The predicted molar refractivity (Wildman–Crippen MR) is 113 cm³/mol. The van der Waals surface area contributed by atoms with Gasteiger partial charge in [-0.15, -0.1) is 0 Å². The van der Waals surface area contributed by atoms with E-state index in [1.165, 1.54) is 18.2 Å². The van der Waals surface area contributed by atoms with E-state index in [0.29, 0.717) is 22.7 Å². The number of pyridine rings is 1. The number of nitriles is 1. The molecule has 3 rings (SSSR count). The molecule has 0 aliphatic carbocycles. The number of nitrogens with zero attached hydrogens (tertiary/aromatic N) is 3. The average Bonchev–Trinajstić information content (AvgIpc) is 2.79. The van der Waals surface area contributed by atoms with Gasteiger partial charge >= 0.3 is 0 Å². The van der Waals surface area contributed by atoms with Crippen molar-refractivity contribution in [1.82, 2.24) is 4.98 Å². The summed E-state index contributed by atoms with van der Waals surface area (Å²) in [5, 5.41) is 22.7. The first-order valence-corrected chi connectivity index (χ1v) is 8.94. The van der Waals surface area contributed by atoms with Gasteiger partial charge in [0.15, 0.2) is 0 Å². The molecule has 0 aliphatic rings. The number of amides is 1. The van der Waals surface area contributed by atoms with Gasteiger partial charge in [0.1, 0.15) is 29.3 Å². The van der Waals surface area contributed by atoms with E-state index in [1.54, 1.807) is 55.6 Å². The Bertz CT molecular complexity index is 1150. The number of hydrogen-bond acceptors (Lipinski definition) is 7. The molecule has 1 amide bonds. The van der Waals surface area contributed by atoms with Gasteiger partial charge in [-0.3, -0.25) is 14.9 Å². The van der Waals surface area contributed by atoms with E-state index in [4.69, 9.17) is 9.47 Å². The van der Waals surface area contributed by atoms with Crippen molar-refractivity contribution in [2.24, 2.45) is 0 Å². The number of rotatable bonds is 7. The minimum absolute atomic E-state index is 0.0680. The average molecular weight is 416 g/mol. The molecule has 0 spiro atoms. The number of carbonyl (C=O) groups is 1. The molecular formula is C22H16N4O5. The molecule has 0 aliphatic heterocycles. The molecule has 0 saturated carbocycles. The molecule has 0 radical (unpaired) electrons. The molecular weight excluding hydrogens is 400 g/mol. The Morgan fingerprint density at radius 3 is 2.32 bits per heavy atom. The van der Waals surface area contributed by atoms with Crippen molar-refractivity contribution in [3.05, 3.63) is 88.1 Å². The Morgan fingerprint density at radius 1 is 1.10 bits per heavy atom.